The lowest BCUT2D eigenvalue weighted by Crippen LogP contribution is -2.49. The molecule has 0 saturated heterocycles. The first-order chi connectivity index (χ1) is 5.91. The molecule has 0 heterocycles. The molecule has 1 aliphatic rings. The van der Waals surface area contributed by atoms with Gasteiger partial charge in [-0.25, -0.2) is 0 Å². The number of hydrogen-bond donors (Lipinski definition) is 2. The van der Waals surface area contributed by atoms with E-state index in [1.807, 2.05) is 20.8 Å². The number of rotatable bonds is 3. The van der Waals surface area contributed by atoms with E-state index in [2.05, 4.69) is 0 Å². The number of aliphatic hydroxyl groups excluding tert-OH is 2. The van der Waals surface area contributed by atoms with E-state index < -0.39 is 0 Å². The average Bonchev–Trinajstić information content (AvgIpc) is 1.94. The fraction of sp³-hybridized carbons (Fsp3) is 1.00. The monoisotopic (exact) mass is 188 g/mol. The predicted octanol–water partition coefficient (Wildman–Crippen LogP) is 0.935. The van der Waals surface area contributed by atoms with Crippen LogP contribution in [0.15, 0.2) is 0 Å². The van der Waals surface area contributed by atoms with E-state index in [4.69, 9.17) is 14.9 Å². The van der Waals surface area contributed by atoms with Crippen LogP contribution >= 0.6 is 0 Å². The summed E-state index contributed by atoms with van der Waals surface area (Å²) < 4.78 is 5.71. The van der Waals surface area contributed by atoms with E-state index in [-0.39, 0.29) is 30.3 Å². The molecule has 0 spiro atoms. The summed E-state index contributed by atoms with van der Waals surface area (Å²) in [7, 11) is 0. The van der Waals surface area contributed by atoms with Gasteiger partial charge in [0.1, 0.15) is 0 Å². The summed E-state index contributed by atoms with van der Waals surface area (Å²) >= 11 is 0. The minimum absolute atomic E-state index is 0.0630. The second kappa shape index (κ2) is 3.56. The molecule has 0 aromatic carbocycles. The Morgan fingerprint density at radius 2 is 1.69 bits per heavy atom. The third kappa shape index (κ3) is 2.66. The second-order valence-electron chi connectivity index (χ2n) is 5.08. The summed E-state index contributed by atoms with van der Waals surface area (Å²) in [5, 5.41) is 18.1. The SMILES string of the molecule is CC(C)(C)OC1CC(CO)(CO)C1. The van der Waals surface area contributed by atoms with Crippen molar-refractivity contribution in [1.29, 1.82) is 0 Å². The molecule has 0 atom stereocenters. The maximum Gasteiger partial charge on any atom is 0.0602 e. The van der Waals surface area contributed by atoms with Crippen LogP contribution in [0.25, 0.3) is 0 Å². The number of hydrogen-bond acceptors (Lipinski definition) is 3. The van der Waals surface area contributed by atoms with Gasteiger partial charge in [0, 0.05) is 5.41 Å². The lowest BCUT2D eigenvalue weighted by Gasteiger charge is -2.47. The maximum absolute atomic E-state index is 9.04. The van der Waals surface area contributed by atoms with Gasteiger partial charge in [0.25, 0.3) is 0 Å². The molecule has 0 aromatic heterocycles. The van der Waals surface area contributed by atoms with Crippen LogP contribution in [0.1, 0.15) is 33.6 Å². The fourth-order valence-electron chi connectivity index (χ4n) is 1.80. The standard InChI is InChI=1S/C10H20O3/c1-9(2,3)13-8-4-10(5-8,6-11)7-12/h8,11-12H,4-7H2,1-3H3. The van der Waals surface area contributed by atoms with Crippen molar-refractivity contribution in [2.24, 2.45) is 5.41 Å². The van der Waals surface area contributed by atoms with Gasteiger partial charge in [0.2, 0.25) is 0 Å². The van der Waals surface area contributed by atoms with Crippen LogP contribution in [0.4, 0.5) is 0 Å². The summed E-state index contributed by atoms with van der Waals surface area (Å²) in [6, 6.07) is 0. The maximum atomic E-state index is 9.04. The Hall–Kier alpha value is -0.120. The highest BCUT2D eigenvalue weighted by molar-refractivity contribution is 4.94. The molecule has 3 heteroatoms. The summed E-state index contributed by atoms with van der Waals surface area (Å²) in [4.78, 5) is 0. The molecule has 0 unspecified atom stereocenters. The highest BCUT2D eigenvalue weighted by Crippen LogP contribution is 2.43. The predicted molar refractivity (Wildman–Crippen MR) is 50.5 cm³/mol. The zero-order chi connectivity index (χ0) is 10.1. The first kappa shape index (κ1) is 11.0. The van der Waals surface area contributed by atoms with E-state index >= 15 is 0 Å². The topological polar surface area (TPSA) is 49.7 Å². The third-order valence-corrected chi connectivity index (χ3v) is 2.51. The van der Waals surface area contributed by atoms with E-state index in [1.165, 1.54) is 0 Å². The van der Waals surface area contributed by atoms with Gasteiger partial charge in [-0.15, -0.1) is 0 Å². The molecule has 1 saturated carbocycles. The van der Waals surface area contributed by atoms with Crippen molar-refractivity contribution in [3.8, 4) is 0 Å². The molecule has 1 aliphatic carbocycles. The highest BCUT2D eigenvalue weighted by atomic mass is 16.5. The first-order valence-corrected chi connectivity index (χ1v) is 4.80. The molecule has 1 fully saturated rings. The summed E-state index contributed by atoms with van der Waals surface area (Å²) in [5.74, 6) is 0. The Morgan fingerprint density at radius 3 is 2.00 bits per heavy atom. The van der Waals surface area contributed by atoms with Crippen LogP contribution < -0.4 is 0 Å². The third-order valence-electron chi connectivity index (χ3n) is 2.51. The van der Waals surface area contributed by atoms with Crippen molar-refractivity contribution in [2.45, 2.75) is 45.3 Å². The van der Waals surface area contributed by atoms with Crippen LogP contribution in [0, 0.1) is 5.41 Å². The van der Waals surface area contributed by atoms with E-state index in [1.54, 1.807) is 0 Å². The quantitative estimate of drug-likeness (QED) is 0.693. The Morgan fingerprint density at radius 1 is 1.23 bits per heavy atom. The molecule has 0 aromatic rings. The Balaban J connectivity index is 2.32. The molecule has 78 valence electrons. The average molecular weight is 188 g/mol. The normalized spacial score (nSPS) is 22.8. The largest absolute Gasteiger partial charge is 0.396 e. The van der Waals surface area contributed by atoms with Gasteiger partial charge >= 0.3 is 0 Å². The Bertz CT molecular complexity index is 159. The zero-order valence-corrected chi connectivity index (χ0v) is 8.71. The van der Waals surface area contributed by atoms with E-state index in [0.29, 0.717) is 0 Å². The molecule has 13 heavy (non-hydrogen) atoms. The molecular weight excluding hydrogens is 168 g/mol. The van der Waals surface area contributed by atoms with E-state index in [0.717, 1.165) is 12.8 Å². The lowest BCUT2D eigenvalue weighted by molar-refractivity contribution is -0.166. The Kier molecular flexibility index (Phi) is 3.00. The molecule has 0 bridgehead atoms. The lowest BCUT2D eigenvalue weighted by atomic mass is 9.67. The van der Waals surface area contributed by atoms with Gasteiger partial charge in [-0.3, -0.25) is 0 Å². The van der Waals surface area contributed by atoms with Crippen LogP contribution in [0.3, 0.4) is 0 Å². The van der Waals surface area contributed by atoms with E-state index in [9.17, 15) is 0 Å². The van der Waals surface area contributed by atoms with Gasteiger partial charge in [0.05, 0.1) is 24.9 Å². The number of aliphatic hydroxyl groups is 2. The van der Waals surface area contributed by atoms with Crippen molar-refractivity contribution < 1.29 is 14.9 Å². The minimum atomic E-state index is -0.268. The molecular formula is C10H20O3. The Labute approximate surface area is 79.7 Å². The van der Waals surface area contributed by atoms with Gasteiger partial charge in [0.15, 0.2) is 0 Å². The highest BCUT2D eigenvalue weighted by Gasteiger charge is 2.45. The van der Waals surface area contributed by atoms with Crippen molar-refractivity contribution >= 4 is 0 Å². The summed E-state index contributed by atoms with van der Waals surface area (Å²) in [6.07, 6.45) is 1.76. The second-order valence-corrected chi connectivity index (χ2v) is 5.08. The molecule has 3 nitrogen and oxygen atoms in total. The summed E-state index contributed by atoms with van der Waals surface area (Å²) in [6.45, 7) is 6.18. The molecule has 0 aliphatic heterocycles. The van der Waals surface area contributed by atoms with Crippen molar-refractivity contribution in [3.05, 3.63) is 0 Å². The van der Waals surface area contributed by atoms with Gasteiger partial charge in [-0.1, -0.05) is 0 Å². The fourth-order valence-corrected chi connectivity index (χ4v) is 1.80. The summed E-state index contributed by atoms with van der Waals surface area (Å²) in [5.41, 5.74) is -0.391. The molecule has 0 radical (unpaired) electrons. The van der Waals surface area contributed by atoms with Gasteiger partial charge < -0.3 is 14.9 Å². The molecule has 2 N–H and O–H groups in total. The van der Waals surface area contributed by atoms with Gasteiger partial charge in [-0.2, -0.15) is 0 Å². The van der Waals surface area contributed by atoms with Crippen molar-refractivity contribution in [1.82, 2.24) is 0 Å². The van der Waals surface area contributed by atoms with Crippen LogP contribution in [-0.2, 0) is 4.74 Å². The van der Waals surface area contributed by atoms with Crippen molar-refractivity contribution in [2.75, 3.05) is 13.2 Å². The smallest absolute Gasteiger partial charge is 0.0602 e. The van der Waals surface area contributed by atoms with Crippen molar-refractivity contribution in [3.63, 3.8) is 0 Å². The first-order valence-electron chi connectivity index (χ1n) is 4.80. The number of ether oxygens (including phenoxy) is 1. The minimum Gasteiger partial charge on any atom is -0.396 e. The molecule has 0 amide bonds. The molecule has 1 rings (SSSR count). The van der Waals surface area contributed by atoms with Crippen LogP contribution in [-0.4, -0.2) is 35.1 Å². The van der Waals surface area contributed by atoms with Crippen LogP contribution in [0.5, 0.6) is 0 Å². The van der Waals surface area contributed by atoms with Gasteiger partial charge in [-0.05, 0) is 33.6 Å². The zero-order valence-electron chi connectivity index (χ0n) is 8.71. The van der Waals surface area contributed by atoms with Crippen LogP contribution in [0.2, 0.25) is 0 Å².